The van der Waals surface area contributed by atoms with Crippen molar-refractivity contribution in [1.82, 2.24) is 4.98 Å². The minimum atomic E-state index is -4.11. The van der Waals surface area contributed by atoms with Crippen LogP contribution in [0.2, 0.25) is 5.02 Å². The van der Waals surface area contributed by atoms with Crippen molar-refractivity contribution in [3.63, 3.8) is 0 Å². The summed E-state index contributed by atoms with van der Waals surface area (Å²) < 4.78 is 29.7. The second-order valence-electron chi connectivity index (χ2n) is 6.26. The van der Waals surface area contributed by atoms with E-state index in [1.807, 2.05) is 19.1 Å². The fraction of sp³-hybridized carbons (Fsp3) is 0.100. The van der Waals surface area contributed by atoms with Crippen LogP contribution in [0.4, 0.5) is 5.69 Å². The number of nitrogens with one attached hydrogen (secondary N) is 1. The van der Waals surface area contributed by atoms with E-state index in [1.165, 1.54) is 18.2 Å². The molecule has 0 aliphatic rings. The van der Waals surface area contributed by atoms with Crippen molar-refractivity contribution in [3.05, 3.63) is 77.1 Å². The highest BCUT2D eigenvalue weighted by Crippen LogP contribution is 2.31. The van der Waals surface area contributed by atoms with Gasteiger partial charge in [0.2, 0.25) is 15.9 Å². The number of halogens is 1. The highest BCUT2D eigenvalue weighted by Gasteiger charge is 2.18. The SMILES string of the molecule is Cc1cccc(CC(=O)Nc2ccc(Oc3cccc(Cl)c3)c(S(N)(=O)=O)c2)n1. The smallest absolute Gasteiger partial charge is 0.241 e. The van der Waals surface area contributed by atoms with Crippen molar-refractivity contribution in [2.75, 3.05) is 5.32 Å². The average molecular weight is 432 g/mol. The molecule has 1 amide bonds. The van der Waals surface area contributed by atoms with Crippen molar-refractivity contribution in [2.45, 2.75) is 18.2 Å². The summed E-state index contributed by atoms with van der Waals surface area (Å²) in [6.07, 6.45) is 0.0488. The molecule has 0 atom stereocenters. The predicted molar refractivity (Wildman–Crippen MR) is 111 cm³/mol. The number of hydrogen-bond donors (Lipinski definition) is 2. The lowest BCUT2D eigenvalue weighted by Crippen LogP contribution is -2.17. The lowest BCUT2D eigenvalue weighted by Gasteiger charge is -2.12. The molecule has 0 radical (unpaired) electrons. The summed E-state index contributed by atoms with van der Waals surface area (Å²) in [6.45, 7) is 1.83. The summed E-state index contributed by atoms with van der Waals surface area (Å²) >= 11 is 5.92. The first-order valence-corrected chi connectivity index (χ1v) is 10.5. The van der Waals surface area contributed by atoms with E-state index in [-0.39, 0.29) is 28.7 Å². The molecular weight excluding hydrogens is 414 g/mol. The Kier molecular flexibility index (Phi) is 6.17. The number of primary sulfonamides is 1. The number of hydrogen-bond acceptors (Lipinski definition) is 5. The zero-order valence-corrected chi connectivity index (χ0v) is 17.0. The summed E-state index contributed by atoms with van der Waals surface area (Å²) in [4.78, 5) is 16.3. The number of ether oxygens (including phenoxy) is 1. The lowest BCUT2D eigenvalue weighted by molar-refractivity contribution is -0.115. The van der Waals surface area contributed by atoms with Gasteiger partial charge in [0.25, 0.3) is 0 Å². The Labute approximate surface area is 173 Å². The normalized spacial score (nSPS) is 11.1. The Hall–Kier alpha value is -2.94. The Bertz CT molecular complexity index is 1170. The molecule has 3 rings (SSSR count). The summed E-state index contributed by atoms with van der Waals surface area (Å²) in [5, 5.41) is 8.41. The van der Waals surface area contributed by atoms with Gasteiger partial charge in [-0.15, -0.1) is 0 Å². The number of aryl methyl sites for hydroxylation is 1. The third-order valence-electron chi connectivity index (χ3n) is 3.85. The molecule has 7 nitrogen and oxygen atoms in total. The van der Waals surface area contributed by atoms with E-state index in [0.29, 0.717) is 16.5 Å². The zero-order chi connectivity index (χ0) is 21.0. The van der Waals surface area contributed by atoms with Gasteiger partial charge in [0, 0.05) is 22.1 Å². The molecule has 0 bridgehead atoms. The molecule has 150 valence electrons. The average Bonchev–Trinajstić information content (AvgIpc) is 2.62. The monoisotopic (exact) mass is 431 g/mol. The van der Waals surface area contributed by atoms with E-state index < -0.39 is 10.0 Å². The number of anilines is 1. The first-order chi connectivity index (χ1) is 13.7. The van der Waals surface area contributed by atoms with Crippen molar-refractivity contribution < 1.29 is 17.9 Å². The van der Waals surface area contributed by atoms with Crippen LogP contribution >= 0.6 is 11.6 Å². The van der Waals surface area contributed by atoms with Gasteiger partial charge in [0.1, 0.15) is 16.4 Å². The van der Waals surface area contributed by atoms with Crippen molar-refractivity contribution in [2.24, 2.45) is 5.14 Å². The predicted octanol–water partition coefficient (Wildman–Crippen LogP) is 3.66. The molecule has 0 saturated carbocycles. The van der Waals surface area contributed by atoms with Gasteiger partial charge in [-0.3, -0.25) is 9.78 Å². The van der Waals surface area contributed by atoms with E-state index in [9.17, 15) is 13.2 Å². The number of amides is 1. The van der Waals surface area contributed by atoms with Crippen LogP contribution in [0, 0.1) is 6.92 Å². The fourth-order valence-electron chi connectivity index (χ4n) is 2.62. The first kappa shape index (κ1) is 20.8. The molecule has 0 aliphatic carbocycles. The molecule has 0 unspecified atom stereocenters. The van der Waals surface area contributed by atoms with Gasteiger partial charge in [0.05, 0.1) is 6.42 Å². The topological polar surface area (TPSA) is 111 Å². The third kappa shape index (κ3) is 5.77. The molecule has 0 spiro atoms. The van der Waals surface area contributed by atoms with Crippen LogP contribution < -0.4 is 15.2 Å². The van der Waals surface area contributed by atoms with Crippen LogP contribution in [-0.2, 0) is 21.2 Å². The van der Waals surface area contributed by atoms with E-state index in [2.05, 4.69) is 10.3 Å². The summed E-state index contributed by atoms with van der Waals surface area (Å²) in [5.74, 6) is 0.0322. The summed E-state index contributed by atoms with van der Waals surface area (Å²) in [6, 6.07) is 16.1. The van der Waals surface area contributed by atoms with E-state index in [1.54, 1.807) is 30.3 Å². The van der Waals surface area contributed by atoms with E-state index >= 15 is 0 Å². The zero-order valence-electron chi connectivity index (χ0n) is 15.4. The fourth-order valence-corrected chi connectivity index (χ4v) is 3.48. The third-order valence-corrected chi connectivity index (χ3v) is 5.01. The number of benzene rings is 2. The molecule has 0 fully saturated rings. The van der Waals surface area contributed by atoms with Crippen LogP contribution in [-0.4, -0.2) is 19.3 Å². The van der Waals surface area contributed by atoms with Gasteiger partial charge < -0.3 is 10.1 Å². The maximum Gasteiger partial charge on any atom is 0.241 e. The molecule has 0 aliphatic heterocycles. The molecule has 2 aromatic carbocycles. The molecule has 0 saturated heterocycles. The van der Waals surface area contributed by atoms with Crippen LogP contribution in [0.15, 0.2) is 65.6 Å². The molecule has 29 heavy (non-hydrogen) atoms. The van der Waals surface area contributed by atoms with Crippen LogP contribution in [0.3, 0.4) is 0 Å². The standard InChI is InChI=1S/C20H18ClN3O4S/c1-13-4-2-6-15(23-13)12-20(25)24-16-8-9-18(19(11-16)29(22,26)27)28-17-7-3-5-14(21)10-17/h2-11H,12H2,1H3,(H,24,25)(H2,22,26,27). The van der Waals surface area contributed by atoms with Gasteiger partial charge >= 0.3 is 0 Å². The number of nitrogens with zero attached hydrogens (tertiary/aromatic N) is 1. The molecule has 9 heteroatoms. The Balaban J connectivity index is 1.82. The molecular formula is C20H18ClN3O4S. The highest BCUT2D eigenvalue weighted by molar-refractivity contribution is 7.89. The first-order valence-electron chi connectivity index (χ1n) is 8.53. The van der Waals surface area contributed by atoms with Gasteiger partial charge in [-0.1, -0.05) is 23.7 Å². The Morgan fingerprint density at radius 3 is 2.59 bits per heavy atom. The maximum atomic E-state index is 12.3. The minimum Gasteiger partial charge on any atom is -0.456 e. The van der Waals surface area contributed by atoms with E-state index in [0.717, 1.165) is 5.69 Å². The van der Waals surface area contributed by atoms with Crippen LogP contribution in [0.25, 0.3) is 0 Å². The second kappa shape index (κ2) is 8.60. The number of sulfonamides is 1. The van der Waals surface area contributed by atoms with Crippen molar-refractivity contribution in [1.29, 1.82) is 0 Å². The van der Waals surface area contributed by atoms with Crippen molar-refractivity contribution >= 4 is 33.2 Å². The molecule has 3 N–H and O–H groups in total. The molecule has 1 aromatic heterocycles. The highest BCUT2D eigenvalue weighted by atomic mass is 35.5. The summed E-state index contributed by atoms with van der Waals surface area (Å²) in [5.41, 5.74) is 1.68. The van der Waals surface area contributed by atoms with Gasteiger partial charge in [-0.25, -0.2) is 13.6 Å². The van der Waals surface area contributed by atoms with Gasteiger partial charge in [0.15, 0.2) is 0 Å². The number of rotatable bonds is 6. The quantitative estimate of drug-likeness (QED) is 0.618. The number of carbonyl (C=O) groups is 1. The number of carbonyl (C=O) groups excluding carboxylic acids is 1. The van der Waals surface area contributed by atoms with Crippen LogP contribution in [0.5, 0.6) is 11.5 Å². The van der Waals surface area contributed by atoms with Crippen molar-refractivity contribution in [3.8, 4) is 11.5 Å². The van der Waals surface area contributed by atoms with Gasteiger partial charge in [-0.2, -0.15) is 0 Å². The van der Waals surface area contributed by atoms with Gasteiger partial charge in [-0.05, 0) is 55.5 Å². The largest absolute Gasteiger partial charge is 0.456 e. The number of nitrogens with two attached hydrogens (primary N) is 1. The summed E-state index contributed by atoms with van der Waals surface area (Å²) in [7, 11) is -4.11. The number of aromatic nitrogens is 1. The minimum absolute atomic E-state index is 0.0214. The molecule has 1 heterocycles. The number of pyridine rings is 1. The lowest BCUT2D eigenvalue weighted by atomic mass is 10.2. The Morgan fingerprint density at radius 2 is 1.90 bits per heavy atom. The maximum absolute atomic E-state index is 12.3. The molecule has 3 aromatic rings. The van der Waals surface area contributed by atoms with E-state index in [4.69, 9.17) is 21.5 Å². The van der Waals surface area contributed by atoms with Crippen LogP contribution in [0.1, 0.15) is 11.4 Å². The Morgan fingerprint density at radius 1 is 1.14 bits per heavy atom. The second-order valence-corrected chi connectivity index (χ2v) is 8.23.